The largest absolute Gasteiger partial charge is 0.497 e. The molecule has 0 saturated heterocycles. The van der Waals surface area contributed by atoms with Gasteiger partial charge in [-0.05, 0) is 35.4 Å². The standard InChI is InChI=1S/C24H29N3O4/c1-26(2)24(28)21-8-4-20(5-9-21)16-31-23(14-27-13-12-25-18-27)17-30-15-19-6-10-22(29-3)11-7-19/h4-13,18,23H,14-17H2,1-3H3. The second-order valence-corrected chi connectivity index (χ2v) is 7.45. The third-order valence-electron chi connectivity index (χ3n) is 4.80. The maximum absolute atomic E-state index is 12.0. The molecule has 0 N–H and O–H groups in total. The second-order valence-electron chi connectivity index (χ2n) is 7.45. The molecule has 0 fully saturated rings. The minimum atomic E-state index is -0.143. The fraction of sp³-hybridized carbons (Fsp3) is 0.333. The van der Waals surface area contributed by atoms with Crippen LogP contribution < -0.4 is 4.74 Å². The van der Waals surface area contributed by atoms with Crippen LogP contribution >= 0.6 is 0 Å². The van der Waals surface area contributed by atoms with E-state index in [1.165, 1.54) is 0 Å². The summed E-state index contributed by atoms with van der Waals surface area (Å²) in [5, 5.41) is 0. The first-order chi connectivity index (χ1) is 15.0. The Kier molecular flexibility index (Phi) is 8.20. The molecular formula is C24H29N3O4. The zero-order valence-electron chi connectivity index (χ0n) is 18.2. The lowest BCUT2D eigenvalue weighted by Crippen LogP contribution is -2.25. The Morgan fingerprint density at radius 2 is 1.71 bits per heavy atom. The number of methoxy groups -OCH3 is 1. The third-order valence-corrected chi connectivity index (χ3v) is 4.80. The number of aromatic nitrogens is 2. The Labute approximate surface area is 183 Å². The predicted molar refractivity (Wildman–Crippen MR) is 118 cm³/mol. The van der Waals surface area contributed by atoms with Gasteiger partial charge in [0.1, 0.15) is 5.75 Å². The number of hydrogen-bond acceptors (Lipinski definition) is 5. The van der Waals surface area contributed by atoms with Crippen molar-refractivity contribution >= 4 is 5.91 Å². The topological polar surface area (TPSA) is 65.8 Å². The van der Waals surface area contributed by atoms with Crippen molar-refractivity contribution < 1.29 is 19.0 Å². The zero-order chi connectivity index (χ0) is 22.1. The normalized spacial score (nSPS) is 11.8. The van der Waals surface area contributed by atoms with Crippen LogP contribution in [0.15, 0.2) is 67.3 Å². The second kappa shape index (κ2) is 11.3. The number of hydrogen-bond donors (Lipinski definition) is 0. The summed E-state index contributed by atoms with van der Waals surface area (Å²) >= 11 is 0. The molecule has 0 saturated carbocycles. The minimum Gasteiger partial charge on any atom is -0.497 e. The van der Waals surface area contributed by atoms with Crippen LogP contribution in [0.2, 0.25) is 0 Å². The summed E-state index contributed by atoms with van der Waals surface area (Å²) in [5.74, 6) is 0.806. The number of benzene rings is 2. The molecule has 1 aromatic heterocycles. The highest BCUT2D eigenvalue weighted by Crippen LogP contribution is 2.13. The molecule has 164 valence electrons. The molecule has 1 amide bonds. The Morgan fingerprint density at radius 3 is 2.32 bits per heavy atom. The molecule has 3 aromatic rings. The molecular weight excluding hydrogens is 394 g/mol. The van der Waals surface area contributed by atoms with E-state index in [0.717, 1.165) is 16.9 Å². The van der Waals surface area contributed by atoms with Crippen LogP contribution in [0.1, 0.15) is 21.5 Å². The van der Waals surface area contributed by atoms with Crippen LogP contribution in [0, 0.1) is 0 Å². The fourth-order valence-electron chi connectivity index (χ4n) is 3.03. The van der Waals surface area contributed by atoms with Crippen molar-refractivity contribution in [1.29, 1.82) is 0 Å². The zero-order valence-corrected chi connectivity index (χ0v) is 18.2. The van der Waals surface area contributed by atoms with E-state index in [2.05, 4.69) is 4.98 Å². The van der Waals surface area contributed by atoms with Crippen molar-refractivity contribution in [2.75, 3.05) is 27.8 Å². The molecule has 7 nitrogen and oxygen atoms in total. The number of carbonyl (C=O) groups is 1. The lowest BCUT2D eigenvalue weighted by atomic mass is 10.1. The van der Waals surface area contributed by atoms with E-state index in [0.29, 0.717) is 31.9 Å². The van der Waals surface area contributed by atoms with Gasteiger partial charge in [0.25, 0.3) is 5.91 Å². The molecule has 1 atom stereocenters. The molecule has 0 aliphatic carbocycles. The van der Waals surface area contributed by atoms with E-state index in [1.54, 1.807) is 38.6 Å². The van der Waals surface area contributed by atoms with Crippen molar-refractivity contribution in [3.05, 3.63) is 83.9 Å². The van der Waals surface area contributed by atoms with Crippen LogP contribution in [0.4, 0.5) is 0 Å². The number of amides is 1. The van der Waals surface area contributed by atoms with E-state index in [1.807, 2.05) is 59.3 Å². The number of rotatable bonds is 11. The molecule has 0 aliphatic heterocycles. The highest BCUT2D eigenvalue weighted by molar-refractivity contribution is 5.93. The Hall–Kier alpha value is -3.16. The molecule has 31 heavy (non-hydrogen) atoms. The maximum atomic E-state index is 12.0. The van der Waals surface area contributed by atoms with Gasteiger partial charge >= 0.3 is 0 Å². The lowest BCUT2D eigenvalue weighted by Gasteiger charge is -2.19. The van der Waals surface area contributed by atoms with Crippen molar-refractivity contribution in [1.82, 2.24) is 14.5 Å². The van der Waals surface area contributed by atoms with Gasteiger partial charge in [-0.1, -0.05) is 24.3 Å². The molecule has 1 heterocycles. The third kappa shape index (κ3) is 6.94. The van der Waals surface area contributed by atoms with Gasteiger partial charge in [-0.3, -0.25) is 4.79 Å². The Bertz CT molecular complexity index is 922. The van der Waals surface area contributed by atoms with E-state index < -0.39 is 0 Å². The monoisotopic (exact) mass is 423 g/mol. The average molecular weight is 424 g/mol. The smallest absolute Gasteiger partial charge is 0.253 e. The van der Waals surface area contributed by atoms with Crippen LogP contribution in [-0.4, -0.2) is 54.3 Å². The number of ether oxygens (including phenoxy) is 3. The van der Waals surface area contributed by atoms with Gasteiger partial charge in [0.2, 0.25) is 0 Å². The molecule has 3 rings (SSSR count). The molecule has 1 unspecified atom stereocenters. The highest BCUT2D eigenvalue weighted by Gasteiger charge is 2.12. The molecule has 0 aliphatic rings. The van der Waals surface area contributed by atoms with Crippen LogP contribution in [0.25, 0.3) is 0 Å². The van der Waals surface area contributed by atoms with Gasteiger partial charge < -0.3 is 23.7 Å². The first-order valence-electron chi connectivity index (χ1n) is 10.1. The van der Waals surface area contributed by atoms with Gasteiger partial charge in [0, 0.05) is 32.1 Å². The molecule has 2 aromatic carbocycles. The van der Waals surface area contributed by atoms with Crippen LogP contribution in [0.5, 0.6) is 5.75 Å². The number of nitrogens with zero attached hydrogens (tertiary/aromatic N) is 3. The summed E-state index contributed by atoms with van der Waals surface area (Å²) < 4.78 is 19.2. The number of imidazole rings is 1. The summed E-state index contributed by atoms with van der Waals surface area (Å²) in [6.45, 7) is 2.01. The molecule has 0 spiro atoms. The van der Waals surface area contributed by atoms with Crippen LogP contribution in [-0.2, 0) is 29.2 Å². The van der Waals surface area contributed by atoms with Crippen molar-refractivity contribution in [3.8, 4) is 5.75 Å². The summed E-state index contributed by atoms with van der Waals surface area (Å²) in [6.07, 6.45) is 5.27. The highest BCUT2D eigenvalue weighted by atomic mass is 16.5. The lowest BCUT2D eigenvalue weighted by molar-refractivity contribution is -0.0372. The van der Waals surface area contributed by atoms with Crippen molar-refractivity contribution in [2.24, 2.45) is 0 Å². The quantitative estimate of drug-likeness (QED) is 0.473. The van der Waals surface area contributed by atoms with E-state index in [-0.39, 0.29) is 12.0 Å². The Morgan fingerprint density at radius 1 is 1.03 bits per heavy atom. The maximum Gasteiger partial charge on any atom is 0.253 e. The average Bonchev–Trinajstić information content (AvgIpc) is 3.30. The molecule has 7 heteroatoms. The van der Waals surface area contributed by atoms with Gasteiger partial charge in [-0.25, -0.2) is 4.98 Å². The Balaban J connectivity index is 1.54. The predicted octanol–water partition coefficient (Wildman–Crippen LogP) is 3.40. The van der Waals surface area contributed by atoms with Gasteiger partial charge in [-0.15, -0.1) is 0 Å². The number of carbonyl (C=O) groups excluding carboxylic acids is 1. The molecule has 0 radical (unpaired) electrons. The SMILES string of the molecule is COc1ccc(COCC(Cn2ccnc2)OCc2ccc(C(=O)N(C)C)cc2)cc1. The summed E-state index contributed by atoms with van der Waals surface area (Å²) in [4.78, 5) is 17.7. The van der Waals surface area contributed by atoms with Crippen molar-refractivity contribution in [3.63, 3.8) is 0 Å². The first kappa shape index (κ1) is 22.5. The van der Waals surface area contributed by atoms with Crippen molar-refractivity contribution in [2.45, 2.75) is 25.9 Å². The van der Waals surface area contributed by atoms with Gasteiger partial charge in [0.05, 0.1) is 45.9 Å². The fourth-order valence-corrected chi connectivity index (χ4v) is 3.03. The van der Waals surface area contributed by atoms with Gasteiger partial charge in [-0.2, -0.15) is 0 Å². The summed E-state index contributed by atoms with van der Waals surface area (Å²) in [6, 6.07) is 15.3. The molecule has 0 bridgehead atoms. The summed E-state index contributed by atoms with van der Waals surface area (Å²) in [5.41, 5.74) is 2.73. The van der Waals surface area contributed by atoms with E-state index in [9.17, 15) is 4.79 Å². The van der Waals surface area contributed by atoms with Crippen LogP contribution in [0.3, 0.4) is 0 Å². The summed E-state index contributed by atoms with van der Waals surface area (Å²) in [7, 11) is 5.13. The first-order valence-corrected chi connectivity index (χ1v) is 10.1. The van der Waals surface area contributed by atoms with E-state index in [4.69, 9.17) is 14.2 Å². The van der Waals surface area contributed by atoms with Gasteiger partial charge in [0.15, 0.2) is 0 Å². The minimum absolute atomic E-state index is 0.0163. The van der Waals surface area contributed by atoms with E-state index >= 15 is 0 Å².